The van der Waals surface area contributed by atoms with E-state index in [-0.39, 0.29) is 5.97 Å². The zero-order valence-electron chi connectivity index (χ0n) is 10.0. The van der Waals surface area contributed by atoms with Crippen molar-refractivity contribution in [2.24, 2.45) is 0 Å². The van der Waals surface area contributed by atoms with Crippen LogP contribution in [0.1, 0.15) is 15.2 Å². The van der Waals surface area contributed by atoms with Crippen molar-refractivity contribution in [3.8, 4) is 10.4 Å². The fourth-order valence-corrected chi connectivity index (χ4v) is 4.64. The first-order chi connectivity index (χ1) is 9.11. The molecule has 0 radical (unpaired) electrons. The molecular weight excluding hydrogens is 302 g/mol. The fourth-order valence-electron chi connectivity index (χ4n) is 2.04. The third-order valence-electron chi connectivity index (χ3n) is 2.98. The van der Waals surface area contributed by atoms with Gasteiger partial charge >= 0.3 is 5.97 Å². The van der Waals surface area contributed by atoms with Crippen LogP contribution in [0.2, 0.25) is 5.02 Å². The van der Waals surface area contributed by atoms with Gasteiger partial charge in [-0.05, 0) is 18.2 Å². The lowest BCUT2D eigenvalue weighted by molar-refractivity contribution is 0.0607. The highest BCUT2D eigenvalue weighted by Crippen LogP contribution is 2.49. The number of anilines is 1. The smallest absolute Gasteiger partial charge is 0.350 e. The molecule has 98 valence electrons. The lowest BCUT2D eigenvalue weighted by Crippen LogP contribution is -2.03. The predicted octanol–water partition coefficient (Wildman–Crippen LogP) is 4.04. The standard InChI is InChI=1S/C13H10ClNO2S2/c1-17-13(16)12-10(15)8-5-18-9-3-2-6(14)4-7(9)11(8)19-12/h2-4H,5,15H2,1H3. The van der Waals surface area contributed by atoms with Gasteiger partial charge in [0.25, 0.3) is 0 Å². The van der Waals surface area contributed by atoms with E-state index in [1.807, 2.05) is 18.2 Å². The number of nitrogens with two attached hydrogens (primary N) is 1. The van der Waals surface area contributed by atoms with Crippen molar-refractivity contribution < 1.29 is 9.53 Å². The Bertz CT molecular complexity index is 682. The number of esters is 1. The SMILES string of the molecule is COC(=O)c1sc2c(c1N)CSc1ccc(Cl)cc1-2. The molecule has 1 aromatic carbocycles. The van der Waals surface area contributed by atoms with E-state index in [0.29, 0.717) is 15.6 Å². The van der Waals surface area contributed by atoms with E-state index in [1.54, 1.807) is 11.8 Å². The van der Waals surface area contributed by atoms with Gasteiger partial charge in [-0.2, -0.15) is 0 Å². The van der Waals surface area contributed by atoms with Gasteiger partial charge in [-0.25, -0.2) is 4.79 Å². The minimum absolute atomic E-state index is 0.384. The molecule has 1 aromatic heterocycles. The van der Waals surface area contributed by atoms with Gasteiger partial charge < -0.3 is 10.5 Å². The molecule has 0 aliphatic carbocycles. The van der Waals surface area contributed by atoms with Crippen molar-refractivity contribution in [2.45, 2.75) is 10.6 Å². The second-order valence-electron chi connectivity index (χ2n) is 4.07. The van der Waals surface area contributed by atoms with Crippen LogP contribution in [0.15, 0.2) is 23.1 Å². The molecule has 1 aliphatic rings. The molecule has 0 atom stereocenters. The van der Waals surface area contributed by atoms with Crippen molar-refractivity contribution in [1.82, 2.24) is 0 Å². The molecule has 1 aliphatic heterocycles. The van der Waals surface area contributed by atoms with E-state index in [2.05, 4.69) is 0 Å². The Kier molecular flexibility index (Phi) is 3.20. The van der Waals surface area contributed by atoms with Crippen LogP contribution in [-0.2, 0) is 10.5 Å². The molecule has 0 saturated carbocycles. The molecule has 0 bridgehead atoms. The van der Waals surface area contributed by atoms with Crippen molar-refractivity contribution in [3.05, 3.63) is 33.7 Å². The first-order valence-electron chi connectivity index (χ1n) is 5.54. The number of ether oxygens (including phenoxy) is 1. The maximum absolute atomic E-state index is 11.7. The van der Waals surface area contributed by atoms with Crippen LogP contribution in [0.4, 0.5) is 5.69 Å². The number of nitrogen functional groups attached to an aromatic ring is 1. The number of carbonyl (C=O) groups is 1. The van der Waals surface area contributed by atoms with Crippen LogP contribution in [0.5, 0.6) is 0 Å². The Morgan fingerprint density at radius 2 is 2.26 bits per heavy atom. The van der Waals surface area contributed by atoms with E-state index in [4.69, 9.17) is 22.1 Å². The van der Waals surface area contributed by atoms with E-state index in [9.17, 15) is 4.79 Å². The maximum atomic E-state index is 11.7. The van der Waals surface area contributed by atoms with Gasteiger partial charge in [0.15, 0.2) is 0 Å². The van der Waals surface area contributed by atoms with Crippen molar-refractivity contribution in [2.75, 3.05) is 12.8 Å². The quantitative estimate of drug-likeness (QED) is 0.807. The highest BCUT2D eigenvalue weighted by Gasteiger charge is 2.26. The number of methoxy groups -OCH3 is 1. The molecule has 3 nitrogen and oxygen atoms in total. The lowest BCUT2D eigenvalue weighted by Gasteiger charge is -2.16. The summed E-state index contributed by atoms with van der Waals surface area (Å²) in [5.74, 6) is 0.383. The summed E-state index contributed by atoms with van der Waals surface area (Å²) in [6.45, 7) is 0. The van der Waals surface area contributed by atoms with Crippen LogP contribution in [0, 0.1) is 0 Å². The largest absolute Gasteiger partial charge is 0.465 e. The van der Waals surface area contributed by atoms with Gasteiger partial charge in [-0.1, -0.05) is 11.6 Å². The topological polar surface area (TPSA) is 52.3 Å². The molecule has 2 aromatic rings. The van der Waals surface area contributed by atoms with E-state index in [1.165, 1.54) is 18.4 Å². The number of benzene rings is 1. The van der Waals surface area contributed by atoms with E-state index in [0.717, 1.165) is 26.7 Å². The van der Waals surface area contributed by atoms with Crippen molar-refractivity contribution >= 4 is 46.4 Å². The minimum atomic E-state index is -0.384. The number of hydrogen-bond acceptors (Lipinski definition) is 5. The number of fused-ring (bicyclic) bond motifs is 3. The summed E-state index contributed by atoms with van der Waals surface area (Å²) in [5.41, 5.74) is 8.64. The lowest BCUT2D eigenvalue weighted by atomic mass is 10.1. The molecule has 19 heavy (non-hydrogen) atoms. The summed E-state index contributed by atoms with van der Waals surface area (Å²) < 4.78 is 4.77. The highest BCUT2D eigenvalue weighted by atomic mass is 35.5. The number of halogens is 1. The number of thioether (sulfide) groups is 1. The number of carbonyl (C=O) groups excluding carboxylic acids is 1. The third-order valence-corrected chi connectivity index (χ3v) is 5.57. The Morgan fingerprint density at radius 1 is 1.47 bits per heavy atom. The Hall–Kier alpha value is -1.17. The van der Waals surface area contributed by atoms with Crippen LogP contribution in [0.3, 0.4) is 0 Å². The summed E-state index contributed by atoms with van der Waals surface area (Å²) in [6.07, 6.45) is 0. The second-order valence-corrected chi connectivity index (χ2v) is 6.55. The minimum Gasteiger partial charge on any atom is -0.465 e. The molecule has 2 N–H and O–H groups in total. The summed E-state index contributed by atoms with van der Waals surface area (Å²) in [7, 11) is 1.36. The van der Waals surface area contributed by atoms with Crippen molar-refractivity contribution in [3.63, 3.8) is 0 Å². The summed E-state index contributed by atoms with van der Waals surface area (Å²) >= 11 is 9.13. The van der Waals surface area contributed by atoms with Gasteiger partial charge in [0.2, 0.25) is 0 Å². The maximum Gasteiger partial charge on any atom is 0.350 e. The Balaban J connectivity index is 2.21. The number of rotatable bonds is 1. The van der Waals surface area contributed by atoms with Crippen LogP contribution < -0.4 is 5.73 Å². The van der Waals surface area contributed by atoms with E-state index >= 15 is 0 Å². The molecular formula is C13H10ClNO2S2. The number of thiophene rings is 1. The Morgan fingerprint density at radius 3 is 3.00 bits per heavy atom. The van der Waals surface area contributed by atoms with E-state index < -0.39 is 0 Å². The predicted molar refractivity (Wildman–Crippen MR) is 80.1 cm³/mol. The van der Waals surface area contributed by atoms with Crippen molar-refractivity contribution in [1.29, 1.82) is 0 Å². The van der Waals surface area contributed by atoms with Gasteiger partial charge in [0, 0.05) is 31.7 Å². The molecule has 0 unspecified atom stereocenters. The summed E-state index contributed by atoms with van der Waals surface area (Å²) in [6, 6.07) is 5.79. The Labute approximate surface area is 123 Å². The zero-order valence-corrected chi connectivity index (χ0v) is 12.4. The fraction of sp³-hybridized carbons (Fsp3) is 0.154. The van der Waals surface area contributed by atoms with Crippen LogP contribution in [0.25, 0.3) is 10.4 Å². The van der Waals surface area contributed by atoms with Gasteiger partial charge in [-0.15, -0.1) is 23.1 Å². The average Bonchev–Trinajstić information content (AvgIpc) is 2.76. The first kappa shape index (κ1) is 12.8. The summed E-state index contributed by atoms with van der Waals surface area (Å²) in [4.78, 5) is 14.4. The molecule has 3 rings (SSSR count). The normalized spacial score (nSPS) is 12.7. The van der Waals surface area contributed by atoms with Gasteiger partial charge in [0.05, 0.1) is 12.8 Å². The molecule has 2 heterocycles. The van der Waals surface area contributed by atoms with Gasteiger partial charge in [-0.3, -0.25) is 0 Å². The highest BCUT2D eigenvalue weighted by molar-refractivity contribution is 7.98. The average molecular weight is 312 g/mol. The zero-order chi connectivity index (χ0) is 13.6. The monoisotopic (exact) mass is 311 g/mol. The van der Waals surface area contributed by atoms with Crippen LogP contribution in [-0.4, -0.2) is 13.1 Å². The molecule has 6 heteroatoms. The first-order valence-corrected chi connectivity index (χ1v) is 7.72. The second kappa shape index (κ2) is 4.74. The molecule has 0 amide bonds. The molecule has 0 fully saturated rings. The molecule has 0 saturated heterocycles. The number of hydrogen-bond donors (Lipinski definition) is 1. The third kappa shape index (κ3) is 2.02. The van der Waals surface area contributed by atoms with Crippen LogP contribution >= 0.6 is 34.7 Å². The van der Waals surface area contributed by atoms with Gasteiger partial charge in [0.1, 0.15) is 4.88 Å². The summed E-state index contributed by atoms with van der Waals surface area (Å²) in [5, 5.41) is 0.679. The molecule has 0 spiro atoms.